The van der Waals surface area contributed by atoms with Crippen molar-refractivity contribution in [1.82, 2.24) is 10.2 Å². The van der Waals surface area contributed by atoms with E-state index in [0.717, 1.165) is 5.56 Å². The molecule has 30 heavy (non-hydrogen) atoms. The molecular formula is C22H24N2O6. The van der Waals surface area contributed by atoms with Crippen LogP contribution in [0.1, 0.15) is 30.7 Å². The van der Waals surface area contributed by atoms with E-state index in [1.807, 2.05) is 37.3 Å². The molecular weight excluding hydrogens is 388 g/mol. The van der Waals surface area contributed by atoms with Gasteiger partial charge in [-0.2, -0.15) is 0 Å². The number of carbonyl (C=O) groups excluding carboxylic acids is 1. The maximum Gasteiger partial charge on any atom is 0.313 e. The second kappa shape index (κ2) is 9.78. The topological polar surface area (TPSA) is 92.9 Å². The maximum atomic E-state index is 12.5. The summed E-state index contributed by atoms with van der Waals surface area (Å²) in [6, 6.07) is 12.9. The van der Waals surface area contributed by atoms with Gasteiger partial charge in [-0.1, -0.05) is 37.3 Å². The Hall–Kier alpha value is -3.55. The van der Waals surface area contributed by atoms with E-state index in [-0.39, 0.29) is 30.3 Å². The molecule has 3 aromatic rings. The smallest absolute Gasteiger partial charge is 0.313 e. The lowest BCUT2D eigenvalue weighted by molar-refractivity contribution is -0.147. The number of hydrogen-bond donors (Lipinski definition) is 0. The van der Waals surface area contributed by atoms with Crippen LogP contribution < -0.4 is 14.2 Å². The highest BCUT2D eigenvalue weighted by atomic mass is 16.5. The second-order valence-electron chi connectivity index (χ2n) is 6.39. The van der Waals surface area contributed by atoms with Crippen LogP contribution in [0.5, 0.6) is 17.2 Å². The van der Waals surface area contributed by atoms with Crippen molar-refractivity contribution in [2.45, 2.75) is 25.9 Å². The Kier molecular flexibility index (Phi) is 6.90. The van der Waals surface area contributed by atoms with Gasteiger partial charge >= 0.3 is 5.97 Å². The van der Waals surface area contributed by atoms with Gasteiger partial charge in [-0.05, 0) is 24.1 Å². The lowest BCUT2D eigenvalue weighted by atomic mass is 9.97. The largest absolute Gasteiger partial charge is 0.493 e. The zero-order valence-electron chi connectivity index (χ0n) is 17.4. The molecule has 2 aromatic carbocycles. The average molecular weight is 412 g/mol. The molecule has 1 aromatic heterocycles. The molecule has 1 atom stereocenters. The minimum Gasteiger partial charge on any atom is -0.493 e. The van der Waals surface area contributed by atoms with Crippen LogP contribution in [0, 0.1) is 0 Å². The van der Waals surface area contributed by atoms with Gasteiger partial charge in [-0.3, -0.25) is 4.79 Å². The second-order valence-corrected chi connectivity index (χ2v) is 6.39. The fourth-order valence-electron chi connectivity index (χ4n) is 3.09. The molecule has 158 valence electrons. The summed E-state index contributed by atoms with van der Waals surface area (Å²) in [6.45, 7) is 1.83. The fourth-order valence-corrected chi connectivity index (χ4v) is 3.09. The van der Waals surface area contributed by atoms with Gasteiger partial charge < -0.3 is 23.4 Å². The molecule has 0 N–H and O–H groups in total. The van der Waals surface area contributed by atoms with E-state index in [4.69, 9.17) is 23.4 Å². The van der Waals surface area contributed by atoms with Crippen LogP contribution in [0.4, 0.5) is 0 Å². The molecule has 8 nitrogen and oxygen atoms in total. The van der Waals surface area contributed by atoms with Gasteiger partial charge in [0.15, 0.2) is 18.1 Å². The molecule has 0 saturated heterocycles. The van der Waals surface area contributed by atoms with Gasteiger partial charge in [-0.25, -0.2) is 0 Å². The minimum absolute atomic E-state index is 0.112. The summed E-state index contributed by atoms with van der Waals surface area (Å²) in [6.07, 6.45) is 0.628. The highest BCUT2D eigenvalue weighted by molar-refractivity contribution is 5.78. The molecule has 0 fully saturated rings. The Labute approximate surface area is 174 Å². The molecule has 0 unspecified atom stereocenters. The molecule has 0 saturated carbocycles. The quantitative estimate of drug-likeness (QED) is 0.487. The van der Waals surface area contributed by atoms with Crippen molar-refractivity contribution >= 4 is 5.97 Å². The first-order valence-electron chi connectivity index (χ1n) is 9.45. The van der Waals surface area contributed by atoms with Gasteiger partial charge in [0.1, 0.15) is 0 Å². The zero-order chi connectivity index (χ0) is 21.5. The summed E-state index contributed by atoms with van der Waals surface area (Å²) in [5, 5.41) is 8.00. The summed E-state index contributed by atoms with van der Waals surface area (Å²) in [4.78, 5) is 12.5. The standard InChI is InChI=1S/C22H24N2O6/c1-5-16(14-9-7-6-8-10-14)22(25)29-13-19-23-24-21(30-19)15-11-17(26-2)20(28-4)18(12-15)27-3/h6-12,16H,5,13H2,1-4H3/t16-/m1/s1. The molecule has 0 aliphatic carbocycles. The Morgan fingerprint density at radius 1 is 1.00 bits per heavy atom. The van der Waals surface area contributed by atoms with E-state index >= 15 is 0 Å². The molecule has 3 rings (SSSR count). The number of aromatic nitrogens is 2. The van der Waals surface area contributed by atoms with Gasteiger partial charge in [0.25, 0.3) is 5.89 Å². The van der Waals surface area contributed by atoms with Crippen LogP contribution >= 0.6 is 0 Å². The Morgan fingerprint density at radius 2 is 1.67 bits per heavy atom. The third-order valence-electron chi connectivity index (χ3n) is 4.61. The molecule has 0 bridgehead atoms. The van der Waals surface area contributed by atoms with Crippen LogP contribution in [-0.2, 0) is 16.1 Å². The van der Waals surface area contributed by atoms with Crippen molar-refractivity contribution in [3.8, 4) is 28.7 Å². The predicted octanol–water partition coefficient (Wildman–Crippen LogP) is 4.00. The number of esters is 1. The van der Waals surface area contributed by atoms with Gasteiger partial charge in [-0.15, -0.1) is 10.2 Å². The van der Waals surface area contributed by atoms with E-state index < -0.39 is 0 Å². The van der Waals surface area contributed by atoms with Crippen molar-refractivity contribution in [2.75, 3.05) is 21.3 Å². The molecule has 1 heterocycles. The third-order valence-corrected chi connectivity index (χ3v) is 4.61. The van der Waals surface area contributed by atoms with Crippen LogP contribution in [0.3, 0.4) is 0 Å². The number of rotatable bonds is 9. The number of ether oxygens (including phenoxy) is 4. The minimum atomic E-state index is -0.344. The van der Waals surface area contributed by atoms with Crippen molar-refractivity contribution in [3.63, 3.8) is 0 Å². The number of benzene rings is 2. The fraction of sp³-hybridized carbons (Fsp3) is 0.318. The number of hydrogen-bond acceptors (Lipinski definition) is 8. The Bertz CT molecular complexity index is 961. The first-order valence-corrected chi connectivity index (χ1v) is 9.45. The van der Waals surface area contributed by atoms with E-state index in [1.165, 1.54) is 21.3 Å². The van der Waals surface area contributed by atoms with Crippen LogP contribution in [0.25, 0.3) is 11.5 Å². The normalized spacial score (nSPS) is 11.6. The molecule has 0 aliphatic rings. The Balaban J connectivity index is 1.73. The number of nitrogens with zero attached hydrogens (tertiary/aromatic N) is 2. The molecule has 0 spiro atoms. The van der Waals surface area contributed by atoms with Crippen molar-refractivity contribution < 1.29 is 28.2 Å². The average Bonchev–Trinajstić information content (AvgIpc) is 3.27. The highest BCUT2D eigenvalue weighted by Crippen LogP contribution is 2.40. The van der Waals surface area contributed by atoms with E-state index in [9.17, 15) is 4.79 Å². The van der Waals surface area contributed by atoms with Crippen molar-refractivity contribution in [1.29, 1.82) is 0 Å². The van der Waals surface area contributed by atoms with Crippen LogP contribution in [0.15, 0.2) is 46.9 Å². The van der Waals surface area contributed by atoms with Gasteiger partial charge in [0, 0.05) is 5.56 Å². The van der Waals surface area contributed by atoms with Crippen LogP contribution in [0.2, 0.25) is 0 Å². The predicted molar refractivity (Wildman–Crippen MR) is 109 cm³/mol. The SMILES string of the molecule is CC[C@@H](C(=O)OCc1nnc(-c2cc(OC)c(OC)c(OC)c2)o1)c1ccccc1. The monoisotopic (exact) mass is 412 g/mol. The molecule has 8 heteroatoms. The maximum absolute atomic E-state index is 12.5. The zero-order valence-corrected chi connectivity index (χ0v) is 17.4. The Morgan fingerprint density at radius 3 is 2.23 bits per heavy atom. The number of methoxy groups -OCH3 is 3. The van der Waals surface area contributed by atoms with Gasteiger partial charge in [0.05, 0.1) is 27.2 Å². The number of carbonyl (C=O) groups is 1. The molecule has 0 radical (unpaired) electrons. The lowest BCUT2D eigenvalue weighted by Gasteiger charge is -2.13. The van der Waals surface area contributed by atoms with Crippen molar-refractivity contribution in [3.05, 3.63) is 53.9 Å². The van der Waals surface area contributed by atoms with Crippen molar-refractivity contribution in [2.24, 2.45) is 0 Å². The summed E-state index contributed by atoms with van der Waals surface area (Å²) in [7, 11) is 4.57. The summed E-state index contributed by atoms with van der Waals surface area (Å²) >= 11 is 0. The first-order chi connectivity index (χ1) is 14.6. The first kappa shape index (κ1) is 21.2. The van der Waals surface area contributed by atoms with E-state index in [0.29, 0.717) is 29.2 Å². The third kappa shape index (κ3) is 4.53. The summed E-state index contributed by atoms with van der Waals surface area (Å²) in [5.41, 5.74) is 1.50. The molecule has 0 amide bonds. The van der Waals surface area contributed by atoms with E-state index in [1.54, 1.807) is 12.1 Å². The summed E-state index contributed by atoms with van der Waals surface area (Å²) < 4.78 is 27.1. The van der Waals surface area contributed by atoms with Crippen LogP contribution in [-0.4, -0.2) is 37.5 Å². The molecule has 0 aliphatic heterocycles. The lowest BCUT2D eigenvalue weighted by Crippen LogP contribution is -2.15. The van der Waals surface area contributed by atoms with E-state index in [2.05, 4.69) is 10.2 Å². The van der Waals surface area contributed by atoms with Gasteiger partial charge in [0.2, 0.25) is 11.6 Å². The highest BCUT2D eigenvalue weighted by Gasteiger charge is 2.22. The summed E-state index contributed by atoms with van der Waals surface area (Å²) in [5.74, 6) is 1.15.